The van der Waals surface area contributed by atoms with E-state index in [9.17, 15) is 14.4 Å². The van der Waals surface area contributed by atoms with E-state index >= 15 is 0 Å². The van der Waals surface area contributed by atoms with Crippen LogP contribution < -0.4 is 15.6 Å². The number of aromatic nitrogens is 2. The van der Waals surface area contributed by atoms with E-state index in [4.69, 9.17) is 17.0 Å². The zero-order chi connectivity index (χ0) is 25.1. The Kier molecular flexibility index (Phi) is 7.23. The number of rotatable bonds is 7. The summed E-state index contributed by atoms with van der Waals surface area (Å²) < 4.78 is 8.80. The van der Waals surface area contributed by atoms with Crippen molar-refractivity contribution < 1.29 is 14.3 Å². The number of nitrogens with one attached hydrogen (secondary N) is 1. The van der Waals surface area contributed by atoms with Gasteiger partial charge >= 0.3 is 0 Å². The van der Waals surface area contributed by atoms with Gasteiger partial charge in [-0.05, 0) is 42.8 Å². The van der Waals surface area contributed by atoms with Crippen LogP contribution in [0, 0.1) is 6.92 Å². The van der Waals surface area contributed by atoms with Crippen LogP contribution in [0.2, 0.25) is 0 Å². The lowest BCUT2D eigenvalue weighted by Crippen LogP contribution is -2.32. The lowest BCUT2D eigenvalue weighted by molar-refractivity contribution is -0.122. The molecule has 0 saturated carbocycles. The van der Waals surface area contributed by atoms with Crippen molar-refractivity contribution in [3.8, 4) is 11.4 Å². The summed E-state index contributed by atoms with van der Waals surface area (Å²) in [6.45, 7) is 1.88. The number of hydrogen-bond donors (Lipinski definition) is 1. The van der Waals surface area contributed by atoms with Crippen LogP contribution in [0.3, 0.4) is 0 Å². The molecule has 180 valence electrons. The van der Waals surface area contributed by atoms with Crippen LogP contribution in [0.1, 0.15) is 17.7 Å². The Hall–Kier alpha value is -3.63. The maximum Gasteiger partial charge on any atom is 0.295 e. The molecule has 2 amide bonds. The van der Waals surface area contributed by atoms with Crippen molar-refractivity contribution >= 4 is 51.9 Å². The summed E-state index contributed by atoms with van der Waals surface area (Å²) >= 11 is 6.56. The van der Waals surface area contributed by atoms with Gasteiger partial charge in [0.25, 0.3) is 11.5 Å². The SMILES string of the molecule is COc1cccc(/C=C2\SC(=S)N(CCC(=O)Nc3c(C)n(C)n(-c4ccccc4)c3=O)C2=O)c1. The molecule has 1 aromatic heterocycles. The molecule has 1 N–H and O–H groups in total. The number of carbonyl (C=O) groups excluding carboxylic acids is 2. The molecule has 1 fully saturated rings. The summed E-state index contributed by atoms with van der Waals surface area (Å²) in [5.74, 6) is 0.0632. The number of amides is 2. The van der Waals surface area contributed by atoms with E-state index in [1.807, 2.05) is 54.6 Å². The highest BCUT2D eigenvalue weighted by molar-refractivity contribution is 8.26. The molecular weight excluding hydrogens is 484 g/mol. The van der Waals surface area contributed by atoms with E-state index in [0.29, 0.717) is 26.4 Å². The summed E-state index contributed by atoms with van der Waals surface area (Å²) in [5.41, 5.74) is 2.03. The fourth-order valence-corrected chi connectivity index (χ4v) is 5.01. The molecule has 0 unspecified atom stereocenters. The maximum atomic E-state index is 13.0. The van der Waals surface area contributed by atoms with Crippen molar-refractivity contribution in [1.82, 2.24) is 14.3 Å². The number of benzene rings is 2. The number of ether oxygens (including phenoxy) is 1. The van der Waals surface area contributed by atoms with Crippen molar-refractivity contribution in [2.45, 2.75) is 13.3 Å². The molecule has 2 aromatic carbocycles. The highest BCUT2D eigenvalue weighted by atomic mass is 32.2. The smallest absolute Gasteiger partial charge is 0.295 e. The molecule has 0 atom stereocenters. The van der Waals surface area contributed by atoms with Gasteiger partial charge in [0.15, 0.2) is 0 Å². The highest BCUT2D eigenvalue weighted by Crippen LogP contribution is 2.33. The molecule has 4 rings (SSSR count). The molecule has 0 spiro atoms. The van der Waals surface area contributed by atoms with Gasteiger partial charge < -0.3 is 10.1 Å². The Labute approximate surface area is 212 Å². The molecule has 1 aliphatic rings. The predicted molar refractivity (Wildman–Crippen MR) is 142 cm³/mol. The first-order chi connectivity index (χ1) is 16.8. The number of para-hydroxylation sites is 1. The molecule has 35 heavy (non-hydrogen) atoms. The quantitative estimate of drug-likeness (QED) is 0.387. The molecule has 0 radical (unpaired) electrons. The van der Waals surface area contributed by atoms with E-state index < -0.39 is 0 Å². The second kappa shape index (κ2) is 10.3. The fraction of sp³-hybridized carbons (Fsp3) is 0.200. The van der Waals surface area contributed by atoms with Crippen LogP contribution in [-0.2, 0) is 16.6 Å². The minimum Gasteiger partial charge on any atom is -0.497 e. The predicted octanol–water partition coefficient (Wildman–Crippen LogP) is 3.72. The van der Waals surface area contributed by atoms with Crippen LogP contribution in [0.15, 0.2) is 64.3 Å². The third-order valence-corrected chi connectivity index (χ3v) is 7.02. The maximum absolute atomic E-state index is 13.0. The Balaban J connectivity index is 1.44. The molecule has 0 aliphatic carbocycles. The molecule has 8 nitrogen and oxygen atoms in total. The van der Waals surface area contributed by atoms with Crippen molar-refractivity contribution in [3.63, 3.8) is 0 Å². The Morgan fingerprint density at radius 1 is 1.14 bits per heavy atom. The van der Waals surface area contributed by atoms with Crippen LogP contribution in [-0.4, -0.2) is 44.1 Å². The summed E-state index contributed by atoms with van der Waals surface area (Å²) in [6, 6.07) is 16.5. The molecular formula is C25H24N4O4S2. The van der Waals surface area contributed by atoms with Crippen molar-refractivity contribution in [2.24, 2.45) is 7.05 Å². The normalized spacial score (nSPS) is 14.6. The minimum absolute atomic E-state index is 0.00199. The van der Waals surface area contributed by atoms with Gasteiger partial charge in [-0.15, -0.1) is 0 Å². The lowest BCUT2D eigenvalue weighted by Gasteiger charge is -2.13. The molecule has 10 heteroatoms. The number of thiocarbonyl (C=S) groups is 1. The molecule has 1 aliphatic heterocycles. The first-order valence-corrected chi connectivity index (χ1v) is 12.1. The number of anilines is 1. The number of methoxy groups -OCH3 is 1. The Bertz CT molecular complexity index is 1390. The summed E-state index contributed by atoms with van der Waals surface area (Å²) in [4.78, 5) is 40.5. The van der Waals surface area contributed by atoms with Gasteiger partial charge in [-0.25, -0.2) is 4.68 Å². The van der Waals surface area contributed by atoms with Crippen LogP contribution >= 0.6 is 24.0 Å². The average molecular weight is 509 g/mol. The van der Waals surface area contributed by atoms with Crippen LogP contribution in [0.4, 0.5) is 5.69 Å². The van der Waals surface area contributed by atoms with Gasteiger partial charge in [-0.1, -0.05) is 54.3 Å². The summed E-state index contributed by atoms with van der Waals surface area (Å²) in [6.07, 6.45) is 1.75. The van der Waals surface area contributed by atoms with Gasteiger partial charge in [0.1, 0.15) is 15.8 Å². The molecule has 1 saturated heterocycles. The van der Waals surface area contributed by atoms with E-state index in [-0.39, 0.29) is 36.0 Å². The lowest BCUT2D eigenvalue weighted by atomic mass is 10.2. The van der Waals surface area contributed by atoms with Crippen molar-refractivity contribution in [3.05, 3.63) is 81.1 Å². The monoisotopic (exact) mass is 508 g/mol. The van der Waals surface area contributed by atoms with E-state index in [1.54, 1.807) is 31.8 Å². The molecule has 0 bridgehead atoms. The second-order valence-corrected chi connectivity index (χ2v) is 9.52. The number of thioether (sulfide) groups is 1. The number of carbonyl (C=O) groups is 2. The second-order valence-electron chi connectivity index (χ2n) is 7.84. The number of hydrogen-bond acceptors (Lipinski definition) is 6. The van der Waals surface area contributed by atoms with E-state index in [1.165, 1.54) is 21.3 Å². The average Bonchev–Trinajstić information content (AvgIpc) is 3.24. The minimum atomic E-state index is -0.373. The van der Waals surface area contributed by atoms with Gasteiger partial charge in [-0.2, -0.15) is 0 Å². The molecule has 2 heterocycles. The zero-order valence-electron chi connectivity index (χ0n) is 19.5. The Morgan fingerprint density at radius 3 is 2.60 bits per heavy atom. The number of nitrogens with zero attached hydrogens (tertiary/aromatic N) is 3. The van der Waals surface area contributed by atoms with E-state index in [2.05, 4.69) is 5.32 Å². The summed E-state index contributed by atoms with van der Waals surface area (Å²) in [5, 5.41) is 2.72. The topological polar surface area (TPSA) is 85.6 Å². The Morgan fingerprint density at radius 2 is 1.89 bits per heavy atom. The first kappa shape index (κ1) is 24.5. The standard InChI is InChI=1S/C25H24N4O4S2/c1-16-22(24(32)29(27(16)2)18-9-5-4-6-10-18)26-21(30)12-13-28-23(31)20(35-25(28)34)15-17-8-7-11-19(14-17)33-3/h4-11,14-15H,12-13H2,1-3H3,(H,26,30)/b20-15-. The van der Waals surface area contributed by atoms with Gasteiger partial charge in [0.05, 0.1) is 23.4 Å². The third kappa shape index (κ3) is 5.08. The third-order valence-electron chi connectivity index (χ3n) is 5.65. The largest absolute Gasteiger partial charge is 0.497 e. The first-order valence-electron chi connectivity index (χ1n) is 10.8. The fourth-order valence-electron chi connectivity index (χ4n) is 3.70. The van der Waals surface area contributed by atoms with Gasteiger partial charge in [-0.3, -0.25) is 24.0 Å². The van der Waals surface area contributed by atoms with Crippen LogP contribution in [0.25, 0.3) is 11.8 Å². The van der Waals surface area contributed by atoms with Crippen molar-refractivity contribution in [2.75, 3.05) is 19.0 Å². The summed E-state index contributed by atoms with van der Waals surface area (Å²) in [7, 11) is 3.34. The molecule has 3 aromatic rings. The highest BCUT2D eigenvalue weighted by Gasteiger charge is 2.32. The van der Waals surface area contributed by atoms with Crippen LogP contribution in [0.5, 0.6) is 5.75 Å². The van der Waals surface area contributed by atoms with Gasteiger partial charge in [0.2, 0.25) is 5.91 Å². The van der Waals surface area contributed by atoms with Gasteiger partial charge in [0, 0.05) is 20.0 Å². The zero-order valence-corrected chi connectivity index (χ0v) is 21.1. The van der Waals surface area contributed by atoms with E-state index in [0.717, 1.165) is 5.56 Å². The van der Waals surface area contributed by atoms with Crippen molar-refractivity contribution in [1.29, 1.82) is 0 Å².